The van der Waals surface area contributed by atoms with E-state index in [9.17, 15) is 14.7 Å². The summed E-state index contributed by atoms with van der Waals surface area (Å²) in [6.45, 7) is 10.8. The van der Waals surface area contributed by atoms with Gasteiger partial charge in [-0.1, -0.05) is 31.5 Å². The molecule has 0 aliphatic heterocycles. The minimum Gasteiger partial charge on any atom is -0.374 e. The molecule has 32 heavy (non-hydrogen) atoms. The van der Waals surface area contributed by atoms with Crippen molar-refractivity contribution in [3.63, 3.8) is 0 Å². The second kappa shape index (κ2) is 10.9. The third-order valence-electron chi connectivity index (χ3n) is 4.31. The van der Waals surface area contributed by atoms with Crippen molar-refractivity contribution in [2.24, 2.45) is 0 Å². The minimum absolute atomic E-state index is 0.218. The second-order valence-corrected chi connectivity index (χ2v) is 7.41. The number of nitrogens with zero attached hydrogens (tertiary/aromatic N) is 3. The summed E-state index contributed by atoms with van der Waals surface area (Å²) in [6, 6.07) is 8.46. The molecule has 0 spiro atoms. The first-order valence-corrected chi connectivity index (χ1v) is 10.6. The third kappa shape index (κ3) is 5.72. The van der Waals surface area contributed by atoms with Crippen LogP contribution in [0.25, 0.3) is 5.82 Å². The molecule has 0 aliphatic carbocycles. The lowest BCUT2D eigenvalue weighted by molar-refractivity contribution is 0.0819. The molecule has 3 aromatic rings. The molecule has 0 aliphatic rings. The summed E-state index contributed by atoms with van der Waals surface area (Å²) in [6.07, 6.45) is 0.528. The van der Waals surface area contributed by atoms with Crippen LogP contribution in [-0.4, -0.2) is 37.9 Å². The maximum absolute atomic E-state index is 13.1. The van der Waals surface area contributed by atoms with Crippen LogP contribution in [0.2, 0.25) is 5.02 Å². The number of aryl methyl sites for hydroxylation is 3. The van der Waals surface area contributed by atoms with Gasteiger partial charge in [-0.25, -0.2) is 9.67 Å². The molecular weight excluding hydrogens is 430 g/mol. The van der Waals surface area contributed by atoms with Crippen LogP contribution in [0, 0.1) is 20.8 Å². The van der Waals surface area contributed by atoms with Gasteiger partial charge in [0.15, 0.2) is 5.82 Å². The first kappa shape index (κ1) is 25.0. The number of halogens is 1. The first-order valence-electron chi connectivity index (χ1n) is 10.3. The predicted octanol–water partition coefficient (Wildman–Crippen LogP) is 4.19. The number of aromatic nitrogens is 3. The molecule has 3 rings (SSSR count). The van der Waals surface area contributed by atoms with Gasteiger partial charge in [-0.15, -0.1) is 0 Å². The van der Waals surface area contributed by atoms with Gasteiger partial charge in [0.1, 0.15) is 11.9 Å². The summed E-state index contributed by atoms with van der Waals surface area (Å²) in [4.78, 5) is 29.9. The van der Waals surface area contributed by atoms with E-state index in [-0.39, 0.29) is 11.3 Å². The Kier molecular flexibility index (Phi) is 8.51. The van der Waals surface area contributed by atoms with Crippen molar-refractivity contribution in [2.45, 2.75) is 47.8 Å². The fourth-order valence-electron chi connectivity index (χ4n) is 3.11. The van der Waals surface area contributed by atoms with Gasteiger partial charge in [0.25, 0.3) is 11.8 Å². The highest BCUT2D eigenvalue weighted by molar-refractivity contribution is 6.32. The molecule has 0 saturated carbocycles. The van der Waals surface area contributed by atoms with E-state index in [2.05, 4.69) is 20.7 Å². The van der Waals surface area contributed by atoms with Gasteiger partial charge in [-0.3, -0.25) is 9.59 Å². The van der Waals surface area contributed by atoms with Gasteiger partial charge in [0.05, 0.1) is 22.0 Å². The molecule has 8 nitrogen and oxygen atoms in total. The molecule has 0 fully saturated rings. The largest absolute Gasteiger partial charge is 0.374 e. The van der Waals surface area contributed by atoms with Crippen LogP contribution in [0.1, 0.15) is 58.4 Å². The molecule has 1 unspecified atom stereocenters. The molecule has 2 heterocycles. The molecular formula is C23H28ClN5O3. The van der Waals surface area contributed by atoms with E-state index in [4.69, 9.17) is 11.6 Å². The van der Waals surface area contributed by atoms with Crippen molar-refractivity contribution < 1.29 is 14.7 Å². The average Bonchev–Trinajstić information content (AvgIpc) is 3.12. The standard InChI is InChI=1S/C21H22ClN5O3.C2H6/c1-11-8-12(2)18(15(9-11)20(29)24-14(4)28)25-21(30)17-10-13(3)26-27(17)19-16(22)6-5-7-23-19;1-2/h5-10,14,28H,1-4H3,(H,24,29)(H,25,30);1-2H3. The first-order chi connectivity index (χ1) is 15.2. The third-order valence-corrected chi connectivity index (χ3v) is 4.60. The number of carbonyl (C=O) groups excluding carboxylic acids is 2. The van der Waals surface area contributed by atoms with Crippen molar-refractivity contribution in [2.75, 3.05) is 5.32 Å². The molecule has 1 atom stereocenters. The fraction of sp³-hybridized carbons (Fsp3) is 0.304. The minimum atomic E-state index is -1.03. The van der Waals surface area contributed by atoms with Gasteiger partial charge in [-0.2, -0.15) is 5.10 Å². The number of rotatable bonds is 5. The SMILES string of the molecule is CC.Cc1cc(C)c(NC(=O)c2cc(C)nn2-c2ncccc2Cl)c(C(=O)NC(C)O)c1. The van der Waals surface area contributed by atoms with Crippen LogP contribution in [0.15, 0.2) is 36.5 Å². The lowest BCUT2D eigenvalue weighted by Gasteiger charge is -2.16. The van der Waals surface area contributed by atoms with Gasteiger partial charge < -0.3 is 15.7 Å². The van der Waals surface area contributed by atoms with Crippen LogP contribution < -0.4 is 10.6 Å². The number of aliphatic hydroxyl groups excluding tert-OH is 1. The number of nitrogens with one attached hydrogen (secondary N) is 2. The zero-order valence-electron chi connectivity index (χ0n) is 19.0. The maximum atomic E-state index is 13.1. The average molecular weight is 458 g/mol. The van der Waals surface area contributed by atoms with Crippen LogP contribution in [0.3, 0.4) is 0 Å². The Morgan fingerprint density at radius 2 is 1.81 bits per heavy atom. The number of pyridine rings is 1. The Labute approximate surface area is 192 Å². The van der Waals surface area contributed by atoms with Crippen molar-refractivity contribution in [3.8, 4) is 5.82 Å². The molecule has 2 aromatic heterocycles. The number of anilines is 1. The van der Waals surface area contributed by atoms with Crippen LogP contribution in [0.5, 0.6) is 0 Å². The summed E-state index contributed by atoms with van der Waals surface area (Å²) in [5.74, 6) is -0.648. The molecule has 3 N–H and O–H groups in total. The van der Waals surface area contributed by atoms with Crippen molar-refractivity contribution in [1.29, 1.82) is 0 Å². The quantitative estimate of drug-likeness (QED) is 0.497. The number of aliphatic hydroxyl groups is 1. The Morgan fingerprint density at radius 1 is 1.12 bits per heavy atom. The highest BCUT2D eigenvalue weighted by Crippen LogP contribution is 2.25. The molecule has 2 amide bonds. The van der Waals surface area contributed by atoms with E-state index in [1.807, 2.05) is 26.8 Å². The lowest BCUT2D eigenvalue weighted by Crippen LogP contribution is -2.33. The number of amides is 2. The summed E-state index contributed by atoms with van der Waals surface area (Å²) in [7, 11) is 0. The summed E-state index contributed by atoms with van der Waals surface area (Å²) in [5.41, 5.74) is 2.98. The maximum Gasteiger partial charge on any atom is 0.274 e. The summed E-state index contributed by atoms with van der Waals surface area (Å²) >= 11 is 6.23. The number of carbonyl (C=O) groups is 2. The van der Waals surface area contributed by atoms with Crippen LogP contribution in [0.4, 0.5) is 5.69 Å². The van der Waals surface area contributed by atoms with Gasteiger partial charge in [0, 0.05) is 6.20 Å². The second-order valence-electron chi connectivity index (χ2n) is 7.00. The highest BCUT2D eigenvalue weighted by Gasteiger charge is 2.22. The normalized spacial score (nSPS) is 11.2. The monoisotopic (exact) mass is 457 g/mol. The Bertz CT molecular complexity index is 1120. The fourth-order valence-corrected chi connectivity index (χ4v) is 3.32. The van der Waals surface area contributed by atoms with E-state index >= 15 is 0 Å². The number of hydrogen-bond acceptors (Lipinski definition) is 5. The van der Waals surface area contributed by atoms with Crippen LogP contribution >= 0.6 is 11.6 Å². The van der Waals surface area contributed by atoms with E-state index in [1.165, 1.54) is 11.6 Å². The summed E-state index contributed by atoms with van der Waals surface area (Å²) in [5, 5.41) is 19.4. The number of benzene rings is 1. The van der Waals surface area contributed by atoms with Crippen molar-refractivity contribution in [3.05, 3.63) is 69.6 Å². The molecule has 0 radical (unpaired) electrons. The molecule has 0 saturated heterocycles. The van der Waals surface area contributed by atoms with Gasteiger partial charge in [-0.05, 0) is 63.1 Å². The Morgan fingerprint density at radius 3 is 2.44 bits per heavy atom. The summed E-state index contributed by atoms with van der Waals surface area (Å²) < 4.78 is 1.37. The molecule has 170 valence electrons. The van der Waals surface area contributed by atoms with Gasteiger partial charge >= 0.3 is 0 Å². The molecule has 9 heteroatoms. The topological polar surface area (TPSA) is 109 Å². The predicted molar refractivity (Wildman–Crippen MR) is 125 cm³/mol. The van der Waals surface area contributed by atoms with Gasteiger partial charge in [0.2, 0.25) is 0 Å². The Hall–Kier alpha value is -3.23. The van der Waals surface area contributed by atoms with Crippen molar-refractivity contribution in [1.82, 2.24) is 20.1 Å². The zero-order chi connectivity index (χ0) is 24.0. The number of hydrogen-bond donors (Lipinski definition) is 3. The van der Waals surface area contributed by atoms with Crippen molar-refractivity contribution >= 4 is 29.1 Å². The molecule has 0 bridgehead atoms. The zero-order valence-corrected chi connectivity index (χ0v) is 19.8. The van der Waals surface area contributed by atoms with Crippen LogP contribution in [-0.2, 0) is 0 Å². The Balaban J connectivity index is 0.00000176. The lowest BCUT2D eigenvalue weighted by atomic mass is 10.0. The molecule has 1 aromatic carbocycles. The van der Waals surface area contributed by atoms with E-state index in [1.54, 1.807) is 44.3 Å². The van der Waals surface area contributed by atoms with E-state index in [0.29, 0.717) is 27.8 Å². The van der Waals surface area contributed by atoms with E-state index < -0.39 is 18.0 Å². The smallest absolute Gasteiger partial charge is 0.274 e. The highest BCUT2D eigenvalue weighted by atomic mass is 35.5. The van der Waals surface area contributed by atoms with E-state index in [0.717, 1.165) is 5.56 Å².